The minimum absolute atomic E-state index is 0.243. The van der Waals surface area contributed by atoms with Crippen LogP contribution < -0.4 is 0 Å². The van der Waals surface area contributed by atoms with E-state index in [1.54, 1.807) is 4.68 Å². The maximum absolute atomic E-state index is 12.1. The predicted molar refractivity (Wildman–Crippen MR) is 66.4 cm³/mol. The number of carbonyl (C=O) groups excluding carboxylic acids is 1. The number of fused-ring (bicyclic) bond motifs is 4. The van der Waals surface area contributed by atoms with Crippen LogP contribution in [0, 0.1) is 0 Å². The van der Waals surface area contributed by atoms with Gasteiger partial charge in [0.05, 0.1) is 12.3 Å². The van der Waals surface area contributed by atoms with Crippen LogP contribution >= 0.6 is 0 Å². The first kappa shape index (κ1) is 11.7. The van der Waals surface area contributed by atoms with Gasteiger partial charge in [0.2, 0.25) is 0 Å². The monoisotopic (exact) mass is 249 g/mol. The fraction of sp³-hybridized carbons (Fsp3) is 0.692. The molecule has 1 aromatic heterocycles. The minimum atomic E-state index is -0.243. The smallest absolute Gasteiger partial charge is 0.356 e. The van der Waals surface area contributed by atoms with Crippen molar-refractivity contribution >= 4 is 5.97 Å². The first-order valence-corrected chi connectivity index (χ1v) is 6.58. The molecule has 0 N–H and O–H groups in total. The molecule has 2 aliphatic rings. The Labute approximate surface area is 107 Å². The van der Waals surface area contributed by atoms with Crippen molar-refractivity contribution in [2.45, 2.75) is 38.3 Å². The number of esters is 1. The Bertz CT molecular complexity index is 495. The molecule has 98 valence electrons. The lowest BCUT2D eigenvalue weighted by molar-refractivity contribution is 0.0509. The molecule has 3 heterocycles. The molecule has 18 heavy (non-hydrogen) atoms. The number of likely N-dealkylation sites (N-methyl/N-ethyl adjacent to an activating group) is 1. The van der Waals surface area contributed by atoms with Gasteiger partial charge in [-0.25, -0.2) is 4.79 Å². The average Bonchev–Trinajstić information content (AvgIpc) is 2.76. The standard InChI is InChI=1S/C13H19N3O2/c1-4-18-13(17)12-11-9(14-16(12)3)7-8-5-6-10(11)15(8)2/h8,10H,4-7H2,1-3H3. The number of carbonyl (C=O) groups is 1. The molecule has 5 heteroatoms. The van der Waals surface area contributed by atoms with Crippen molar-refractivity contribution in [2.24, 2.45) is 7.05 Å². The summed E-state index contributed by atoms with van der Waals surface area (Å²) in [5.74, 6) is -0.243. The van der Waals surface area contributed by atoms with Gasteiger partial charge in [-0.1, -0.05) is 0 Å². The summed E-state index contributed by atoms with van der Waals surface area (Å²) in [5, 5.41) is 4.52. The van der Waals surface area contributed by atoms with Crippen molar-refractivity contribution in [1.82, 2.24) is 14.7 Å². The highest BCUT2D eigenvalue weighted by atomic mass is 16.5. The van der Waals surface area contributed by atoms with Gasteiger partial charge in [0, 0.05) is 31.1 Å². The van der Waals surface area contributed by atoms with Crippen LogP contribution in [0.25, 0.3) is 0 Å². The van der Waals surface area contributed by atoms with Gasteiger partial charge in [0.15, 0.2) is 5.69 Å². The maximum atomic E-state index is 12.1. The van der Waals surface area contributed by atoms with E-state index in [0.717, 1.165) is 24.1 Å². The van der Waals surface area contributed by atoms with Crippen LogP contribution in [0.3, 0.4) is 0 Å². The summed E-state index contributed by atoms with van der Waals surface area (Å²) in [5.41, 5.74) is 2.84. The van der Waals surface area contributed by atoms with E-state index in [2.05, 4.69) is 17.0 Å². The number of ether oxygens (including phenoxy) is 1. The first-order chi connectivity index (χ1) is 8.63. The fourth-order valence-electron chi connectivity index (χ4n) is 3.37. The summed E-state index contributed by atoms with van der Waals surface area (Å²) in [4.78, 5) is 14.5. The van der Waals surface area contributed by atoms with Crippen molar-refractivity contribution in [1.29, 1.82) is 0 Å². The molecule has 5 nitrogen and oxygen atoms in total. The Morgan fingerprint density at radius 3 is 2.94 bits per heavy atom. The summed E-state index contributed by atoms with van der Waals surface area (Å²) < 4.78 is 6.85. The Hall–Kier alpha value is -1.36. The van der Waals surface area contributed by atoms with Gasteiger partial charge in [0.1, 0.15) is 0 Å². The molecule has 2 bridgehead atoms. The number of nitrogens with zero attached hydrogens (tertiary/aromatic N) is 3. The molecular weight excluding hydrogens is 230 g/mol. The number of hydrogen-bond acceptors (Lipinski definition) is 4. The Kier molecular flexibility index (Phi) is 2.66. The molecule has 1 fully saturated rings. The zero-order valence-corrected chi connectivity index (χ0v) is 11.1. The summed E-state index contributed by atoms with van der Waals surface area (Å²) >= 11 is 0. The van der Waals surface area contributed by atoms with Crippen LogP contribution in [0.4, 0.5) is 0 Å². The molecule has 0 amide bonds. The SMILES string of the molecule is CCOC(=O)c1c2c(nn1C)CC1CCC2N1C. The Morgan fingerprint density at radius 1 is 1.44 bits per heavy atom. The van der Waals surface area contributed by atoms with Crippen molar-refractivity contribution in [3.8, 4) is 0 Å². The second-order valence-corrected chi connectivity index (χ2v) is 5.17. The zero-order valence-electron chi connectivity index (χ0n) is 11.1. The van der Waals surface area contributed by atoms with Crippen LogP contribution in [-0.2, 0) is 18.2 Å². The number of rotatable bonds is 2. The second-order valence-electron chi connectivity index (χ2n) is 5.17. The van der Waals surface area contributed by atoms with Gasteiger partial charge in [-0.3, -0.25) is 9.58 Å². The highest BCUT2D eigenvalue weighted by Gasteiger charge is 2.42. The molecule has 1 saturated heterocycles. The molecule has 0 aliphatic carbocycles. The van der Waals surface area contributed by atoms with Crippen molar-refractivity contribution in [2.75, 3.05) is 13.7 Å². The van der Waals surface area contributed by atoms with E-state index in [1.165, 1.54) is 6.42 Å². The van der Waals surface area contributed by atoms with Crippen molar-refractivity contribution in [3.05, 3.63) is 17.0 Å². The van der Waals surface area contributed by atoms with Crippen LogP contribution in [-0.4, -0.2) is 40.3 Å². The lowest BCUT2D eigenvalue weighted by atomic mass is 9.98. The van der Waals surface area contributed by atoms with Crippen LogP contribution in [0.2, 0.25) is 0 Å². The van der Waals surface area contributed by atoms with Crippen LogP contribution in [0.5, 0.6) is 0 Å². The molecule has 2 atom stereocenters. The summed E-state index contributed by atoms with van der Waals surface area (Å²) in [6.45, 7) is 2.24. The zero-order chi connectivity index (χ0) is 12.9. The molecule has 0 spiro atoms. The maximum Gasteiger partial charge on any atom is 0.356 e. The molecule has 1 aromatic rings. The van der Waals surface area contributed by atoms with Crippen molar-refractivity contribution < 1.29 is 9.53 Å². The van der Waals surface area contributed by atoms with E-state index in [-0.39, 0.29) is 5.97 Å². The molecule has 0 radical (unpaired) electrons. The predicted octanol–water partition coefficient (Wildman–Crippen LogP) is 1.29. The van der Waals surface area contributed by atoms with E-state index in [1.807, 2.05) is 14.0 Å². The van der Waals surface area contributed by atoms with E-state index in [4.69, 9.17) is 4.74 Å². The number of aromatic nitrogens is 2. The van der Waals surface area contributed by atoms with Gasteiger partial charge < -0.3 is 4.74 Å². The Morgan fingerprint density at radius 2 is 2.22 bits per heavy atom. The molecule has 2 aliphatic heterocycles. The number of hydrogen-bond donors (Lipinski definition) is 0. The van der Waals surface area contributed by atoms with Crippen LogP contribution in [0.1, 0.15) is 47.6 Å². The molecule has 0 saturated carbocycles. The third-order valence-corrected chi connectivity index (χ3v) is 4.23. The largest absolute Gasteiger partial charge is 0.461 e. The summed E-state index contributed by atoms with van der Waals surface area (Å²) in [6, 6.07) is 0.930. The average molecular weight is 249 g/mol. The number of aryl methyl sites for hydroxylation is 1. The van der Waals surface area contributed by atoms with E-state index >= 15 is 0 Å². The third-order valence-electron chi connectivity index (χ3n) is 4.23. The van der Waals surface area contributed by atoms with Gasteiger partial charge >= 0.3 is 5.97 Å². The molecular formula is C13H19N3O2. The van der Waals surface area contributed by atoms with E-state index in [9.17, 15) is 4.79 Å². The summed E-state index contributed by atoms with van der Waals surface area (Å²) in [6.07, 6.45) is 3.27. The topological polar surface area (TPSA) is 47.4 Å². The fourth-order valence-corrected chi connectivity index (χ4v) is 3.37. The van der Waals surface area contributed by atoms with Gasteiger partial charge in [-0.05, 0) is 26.8 Å². The third kappa shape index (κ3) is 1.50. The van der Waals surface area contributed by atoms with Gasteiger partial charge in [-0.15, -0.1) is 0 Å². The first-order valence-electron chi connectivity index (χ1n) is 6.58. The van der Waals surface area contributed by atoms with Gasteiger partial charge in [-0.2, -0.15) is 5.10 Å². The van der Waals surface area contributed by atoms with E-state index < -0.39 is 0 Å². The lowest BCUT2D eigenvalue weighted by Crippen LogP contribution is -2.34. The molecule has 0 aromatic carbocycles. The van der Waals surface area contributed by atoms with Crippen LogP contribution in [0.15, 0.2) is 0 Å². The Balaban J connectivity index is 2.07. The molecule has 3 rings (SSSR count). The lowest BCUT2D eigenvalue weighted by Gasteiger charge is -2.30. The molecule has 2 unspecified atom stereocenters. The summed E-state index contributed by atoms with van der Waals surface area (Å²) in [7, 11) is 3.98. The minimum Gasteiger partial charge on any atom is -0.461 e. The highest BCUT2D eigenvalue weighted by Crippen LogP contribution is 2.43. The van der Waals surface area contributed by atoms with E-state index in [0.29, 0.717) is 24.4 Å². The normalized spacial score (nSPS) is 26.2. The highest BCUT2D eigenvalue weighted by molar-refractivity contribution is 5.90. The second kappa shape index (κ2) is 4.09. The van der Waals surface area contributed by atoms with Gasteiger partial charge in [0.25, 0.3) is 0 Å². The quantitative estimate of drug-likeness (QED) is 0.741. The van der Waals surface area contributed by atoms with Crippen molar-refractivity contribution in [3.63, 3.8) is 0 Å².